The van der Waals surface area contributed by atoms with Gasteiger partial charge in [0.2, 0.25) is 5.91 Å². The van der Waals surface area contributed by atoms with Crippen molar-refractivity contribution >= 4 is 33.2 Å². The summed E-state index contributed by atoms with van der Waals surface area (Å²) in [6.07, 6.45) is 1.47. The molecule has 0 saturated heterocycles. The number of carbonyl (C=O) groups is 1. The van der Waals surface area contributed by atoms with Gasteiger partial charge in [-0.15, -0.1) is 11.3 Å². The van der Waals surface area contributed by atoms with Crippen molar-refractivity contribution in [2.24, 2.45) is 0 Å². The second-order valence-corrected chi connectivity index (χ2v) is 5.02. The predicted octanol–water partition coefficient (Wildman–Crippen LogP) is 2.58. The Morgan fingerprint density at radius 1 is 1.71 bits per heavy atom. The molecular weight excluding hydrogens is 262 g/mol. The van der Waals surface area contributed by atoms with E-state index in [2.05, 4.69) is 32.7 Å². The fraction of sp³-hybridized carbons (Fsp3) is 0.500. The first-order chi connectivity index (χ1) is 6.72. The van der Waals surface area contributed by atoms with E-state index < -0.39 is 0 Å². The van der Waals surface area contributed by atoms with Crippen molar-refractivity contribution in [2.75, 3.05) is 5.33 Å². The van der Waals surface area contributed by atoms with Crippen LogP contribution in [-0.4, -0.2) is 17.3 Å². The number of alkyl halides is 1. The largest absolute Gasteiger partial charge is 0.353 e. The van der Waals surface area contributed by atoms with E-state index in [1.165, 1.54) is 4.88 Å². The number of nitrogens with one attached hydrogen (secondary N) is 1. The van der Waals surface area contributed by atoms with Crippen molar-refractivity contribution in [3.8, 4) is 0 Å². The van der Waals surface area contributed by atoms with Gasteiger partial charge in [-0.3, -0.25) is 4.79 Å². The van der Waals surface area contributed by atoms with Crippen LogP contribution in [0.2, 0.25) is 0 Å². The summed E-state index contributed by atoms with van der Waals surface area (Å²) in [5, 5.41) is 5.74. The lowest BCUT2D eigenvalue weighted by atomic mass is 10.2. The number of thiophene rings is 1. The van der Waals surface area contributed by atoms with Crippen LogP contribution < -0.4 is 5.32 Å². The van der Waals surface area contributed by atoms with Gasteiger partial charge in [0.05, 0.1) is 0 Å². The normalized spacial score (nSPS) is 12.4. The molecule has 0 aliphatic carbocycles. The molecule has 1 rings (SSSR count). The summed E-state index contributed by atoms with van der Waals surface area (Å²) in [7, 11) is 0. The lowest BCUT2D eigenvalue weighted by Gasteiger charge is -2.12. The van der Waals surface area contributed by atoms with Gasteiger partial charge in [-0.1, -0.05) is 22.0 Å². The maximum atomic E-state index is 11.2. The molecule has 2 nitrogen and oxygen atoms in total. The van der Waals surface area contributed by atoms with Gasteiger partial charge in [0.25, 0.3) is 0 Å². The molecule has 1 N–H and O–H groups in total. The highest BCUT2D eigenvalue weighted by Gasteiger charge is 2.07. The van der Waals surface area contributed by atoms with Gasteiger partial charge in [0.15, 0.2) is 0 Å². The molecular formula is C10H14BrNOS. The zero-order valence-corrected chi connectivity index (χ0v) is 10.5. The number of amides is 1. The van der Waals surface area contributed by atoms with Crippen molar-refractivity contribution < 1.29 is 4.79 Å². The number of carbonyl (C=O) groups excluding carboxylic acids is 1. The Kier molecular flexibility index (Phi) is 5.19. The Balaban J connectivity index is 2.29. The Bertz CT molecular complexity index is 274. The van der Waals surface area contributed by atoms with Gasteiger partial charge in [-0.2, -0.15) is 0 Å². The summed E-state index contributed by atoms with van der Waals surface area (Å²) in [5.74, 6) is 0.117. The molecule has 0 fully saturated rings. The summed E-state index contributed by atoms with van der Waals surface area (Å²) in [6.45, 7) is 2.03. The summed E-state index contributed by atoms with van der Waals surface area (Å²) < 4.78 is 0. The molecule has 1 aromatic heterocycles. The first-order valence-electron chi connectivity index (χ1n) is 4.60. The van der Waals surface area contributed by atoms with Crippen LogP contribution in [0.4, 0.5) is 0 Å². The maximum Gasteiger partial charge on any atom is 0.221 e. The molecule has 14 heavy (non-hydrogen) atoms. The SMILES string of the molecule is CC(Cc1cccs1)NC(=O)CCBr. The van der Waals surface area contributed by atoms with E-state index >= 15 is 0 Å². The lowest BCUT2D eigenvalue weighted by Crippen LogP contribution is -2.33. The molecule has 1 heterocycles. The summed E-state index contributed by atoms with van der Waals surface area (Å²) >= 11 is 4.97. The average Bonchev–Trinajstić information content (AvgIpc) is 2.56. The highest BCUT2D eigenvalue weighted by atomic mass is 79.9. The van der Waals surface area contributed by atoms with Gasteiger partial charge in [0.1, 0.15) is 0 Å². The second-order valence-electron chi connectivity index (χ2n) is 3.19. The minimum Gasteiger partial charge on any atom is -0.353 e. The standard InChI is InChI=1S/C10H14BrNOS/c1-8(12-10(13)4-5-11)7-9-3-2-6-14-9/h2-3,6,8H,4-5,7H2,1H3,(H,12,13). The van der Waals surface area contributed by atoms with Crippen LogP contribution in [0.3, 0.4) is 0 Å². The molecule has 0 aliphatic heterocycles. The van der Waals surface area contributed by atoms with E-state index in [9.17, 15) is 4.79 Å². The fourth-order valence-electron chi connectivity index (χ4n) is 1.21. The molecule has 4 heteroatoms. The van der Waals surface area contributed by atoms with Crippen molar-refractivity contribution in [3.63, 3.8) is 0 Å². The molecule has 0 aliphatic rings. The van der Waals surface area contributed by atoms with Crippen molar-refractivity contribution in [2.45, 2.75) is 25.8 Å². The Morgan fingerprint density at radius 3 is 3.07 bits per heavy atom. The first-order valence-corrected chi connectivity index (χ1v) is 6.60. The zero-order chi connectivity index (χ0) is 10.4. The summed E-state index contributed by atoms with van der Waals surface area (Å²) in [5.41, 5.74) is 0. The van der Waals surface area contributed by atoms with Gasteiger partial charge in [0, 0.05) is 29.1 Å². The third kappa shape index (κ3) is 4.24. The molecule has 1 atom stereocenters. The lowest BCUT2D eigenvalue weighted by molar-refractivity contribution is -0.121. The monoisotopic (exact) mass is 275 g/mol. The van der Waals surface area contributed by atoms with E-state index in [4.69, 9.17) is 0 Å². The van der Waals surface area contributed by atoms with Crippen LogP contribution in [0.5, 0.6) is 0 Å². The van der Waals surface area contributed by atoms with E-state index in [0.717, 1.165) is 11.8 Å². The molecule has 0 spiro atoms. The van der Waals surface area contributed by atoms with Crippen molar-refractivity contribution in [3.05, 3.63) is 22.4 Å². The summed E-state index contributed by atoms with van der Waals surface area (Å²) in [4.78, 5) is 12.6. The average molecular weight is 276 g/mol. The molecule has 1 amide bonds. The van der Waals surface area contributed by atoms with Gasteiger partial charge in [-0.25, -0.2) is 0 Å². The number of rotatable bonds is 5. The topological polar surface area (TPSA) is 29.1 Å². The van der Waals surface area contributed by atoms with Crippen LogP contribution in [0.25, 0.3) is 0 Å². The molecule has 1 aromatic rings. The predicted molar refractivity (Wildman–Crippen MR) is 64.0 cm³/mol. The van der Waals surface area contributed by atoms with E-state index in [0.29, 0.717) is 6.42 Å². The third-order valence-electron chi connectivity index (χ3n) is 1.82. The minimum absolute atomic E-state index is 0.117. The third-order valence-corrected chi connectivity index (χ3v) is 3.11. The fourth-order valence-corrected chi connectivity index (χ4v) is 2.41. The molecule has 78 valence electrons. The molecule has 1 unspecified atom stereocenters. The Labute approximate surface area is 96.8 Å². The van der Waals surface area contributed by atoms with E-state index in [-0.39, 0.29) is 11.9 Å². The van der Waals surface area contributed by atoms with Crippen LogP contribution in [0, 0.1) is 0 Å². The van der Waals surface area contributed by atoms with Gasteiger partial charge < -0.3 is 5.32 Å². The highest BCUT2D eigenvalue weighted by molar-refractivity contribution is 9.09. The van der Waals surface area contributed by atoms with E-state index in [1.54, 1.807) is 11.3 Å². The molecule has 0 radical (unpaired) electrons. The van der Waals surface area contributed by atoms with Crippen molar-refractivity contribution in [1.82, 2.24) is 5.32 Å². The highest BCUT2D eigenvalue weighted by Crippen LogP contribution is 2.10. The Hall–Kier alpha value is -0.350. The van der Waals surface area contributed by atoms with Crippen LogP contribution in [0.15, 0.2) is 17.5 Å². The smallest absolute Gasteiger partial charge is 0.221 e. The van der Waals surface area contributed by atoms with Crippen LogP contribution >= 0.6 is 27.3 Å². The Morgan fingerprint density at radius 2 is 2.50 bits per heavy atom. The number of hydrogen-bond donors (Lipinski definition) is 1. The van der Waals surface area contributed by atoms with Crippen molar-refractivity contribution in [1.29, 1.82) is 0 Å². The van der Waals surface area contributed by atoms with Crippen LogP contribution in [0.1, 0.15) is 18.2 Å². The maximum absolute atomic E-state index is 11.2. The molecule has 0 saturated carbocycles. The molecule has 0 aromatic carbocycles. The zero-order valence-electron chi connectivity index (χ0n) is 8.13. The second kappa shape index (κ2) is 6.19. The summed E-state index contributed by atoms with van der Waals surface area (Å²) in [6, 6.07) is 4.35. The minimum atomic E-state index is 0.117. The van der Waals surface area contributed by atoms with E-state index in [1.807, 2.05) is 13.0 Å². The van der Waals surface area contributed by atoms with Gasteiger partial charge >= 0.3 is 0 Å². The molecule has 0 bridgehead atoms. The van der Waals surface area contributed by atoms with Gasteiger partial charge in [-0.05, 0) is 18.4 Å². The quantitative estimate of drug-likeness (QED) is 0.823. The first kappa shape index (κ1) is 11.7. The number of halogens is 1. The number of hydrogen-bond acceptors (Lipinski definition) is 2. The van der Waals surface area contributed by atoms with Crippen LogP contribution in [-0.2, 0) is 11.2 Å².